The molecule has 0 fully saturated rings. The van der Waals surface area contributed by atoms with E-state index in [-0.39, 0.29) is 5.69 Å². The SMILES string of the molecule is Fc1ccccc1C(Nc1ccccc1)C(F)(F)F. The molecule has 1 unspecified atom stereocenters. The van der Waals surface area contributed by atoms with Crippen LogP contribution in [0.2, 0.25) is 0 Å². The summed E-state index contributed by atoms with van der Waals surface area (Å²) in [7, 11) is 0. The van der Waals surface area contributed by atoms with Gasteiger partial charge in [0.25, 0.3) is 0 Å². The molecule has 0 saturated heterocycles. The summed E-state index contributed by atoms with van der Waals surface area (Å²) in [6, 6.07) is 10.7. The van der Waals surface area contributed by atoms with Crippen LogP contribution in [-0.4, -0.2) is 6.18 Å². The normalized spacial score (nSPS) is 13.1. The molecule has 1 nitrogen and oxygen atoms in total. The zero-order valence-corrected chi connectivity index (χ0v) is 9.79. The first kappa shape index (κ1) is 13.4. The minimum atomic E-state index is -4.59. The third-order valence-corrected chi connectivity index (χ3v) is 2.63. The van der Waals surface area contributed by atoms with Crippen molar-refractivity contribution in [3.8, 4) is 0 Å². The standard InChI is InChI=1S/C14H11F4N/c15-12-9-5-4-8-11(12)13(14(16,17)18)19-10-6-2-1-3-7-10/h1-9,13,19H. The molecule has 5 heteroatoms. The Morgan fingerprint density at radius 2 is 1.42 bits per heavy atom. The van der Waals surface area contributed by atoms with Crippen LogP contribution in [0.5, 0.6) is 0 Å². The second-order valence-electron chi connectivity index (χ2n) is 4.01. The van der Waals surface area contributed by atoms with Crippen molar-refractivity contribution < 1.29 is 17.6 Å². The van der Waals surface area contributed by atoms with Crippen molar-refractivity contribution in [1.82, 2.24) is 0 Å². The van der Waals surface area contributed by atoms with Crippen molar-refractivity contribution in [1.29, 1.82) is 0 Å². The van der Waals surface area contributed by atoms with Crippen LogP contribution < -0.4 is 5.32 Å². The molecule has 0 saturated carbocycles. The number of nitrogens with one attached hydrogen (secondary N) is 1. The minimum absolute atomic E-state index is 0.285. The van der Waals surface area contributed by atoms with E-state index in [1.54, 1.807) is 18.2 Å². The van der Waals surface area contributed by atoms with E-state index in [1.165, 1.54) is 24.3 Å². The van der Waals surface area contributed by atoms with Gasteiger partial charge in [-0.2, -0.15) is 13.2 Å². The monoisotopic (exact) mass is 269 g/mol. The first-order valence-electron chi connectivity index (χ1n) is 5.61. The van der Waals surface area contributed by atoms with Crippen molar-refractivity contribution in [3.63, 3.8) is 0 Å². The Kier molecular flexibility index (Phi) is 3.74. The molecule has 0 aliphatic rings. The minimum Gasteiger partial charge on any atom is -0.370 e. The third kappa shape index (κ3) is 3.24. The largest absolute Gasteiger partial charge is 0.412 e. The summed E-state index contributed by atoms with van der Waals surface area (Å²) in [5.41, 5.74) is -0.132. The van der Waals surface area contributed by atoms with E-state index < -0.39 is 23.6 Å². The van der Waals surface area contributed by atoms with Gasteiger partial charge in [0.05, 0.1) is 0 Å². The molecule has 19 heavy (non-hydrogen) atoms. The summed E-state index contributed by atoms with van der Waals surface area (Å²) in [6.07, 6.45) is -4.59. The Balaban J connectivity index is 2.36. The molecule has 0 spiro atoms. The lowest BCUT2D eigenvalue weighted by Crippen LogP contribution is -2.28. The number of rotatable bonds is 3. The van der Waals surface area contributed by atoms with E-state index in [9.17, 15) is 17.6 Å². The van der Waals surface area contributed by atoms with Crippen LogP contribution in [0, 0.1) is 5.82 Å². The first-order valence-corrected chi connectivity index (χ1v) is 5.61. The van der Waals surface area contributed by atoms with Crippen molar-refractivity contribution in [2.75, 3.05) is 5.32 Å². The Morgan fingerprint density at radius 1 is 0.842 bits per heavy atom. The lowest BCUT2D eigenvalue weighted by molar-refractivity contribution is -0.144. The molecule has 0 radical (unpaired) electrons. The van der Waals surface area contributed by atoms with E-state index in [4.69, 9.17) is 0 Å². The smallest absolute Gasteiger partial charge is 0.370 e. The third-order valence-electron chi connectivity index (χ3n) is 2.63. The fourth-order valence-electron chi connectivity index (χ4n) is 1.75. The summed E-state index contributed by atoms with van der Waals surface area (Å²) >= 11 is 0. The topological polar surface area (TPSA) is 12.0 Å². The van der Waals surface area contributed by atoms with Crippen molar-refractivity contribution in [2.24, 2.45) is 0 Å². The first-order chi connectivity index (χ1) is 8.98. The molecule has 2 rings (SSSR count). The van der Waals surface area contributed by atoms with Gasteiger partial charge in [-0.3, -0.25) is 0 Å². The molecule has 100 valence electrons. The van der Waals surface area contributed by atoms with Crippen LogP contribution in [0.4, 0.5) is 23.2 Å². The highest BCUT2D eigenvalue weighted by Crippen LogP contribution is 2.36. The Bertz CT molecular complexity index is 537. The quantitative estimate of drug-likeness (QED) is 0.806. The molecule has 0 heterocycles. The number of anilines is 1. The van der Waals surface area contributed by atoms with Crippen molar-refractivity contribution in [3.05, 3.63) is 66.0 Å². The van der Waals surface area contributed by atoms with Gasteiger partial charge in [0.2, 0.25) is 0 Å². The van der Waals surface area contributed by atoms with Gasteiger partial charge in [-0.1, -0.05) is 36.4 Å². The molecule has 0 bridgehead atoms. The van der Waals surface area contributed by atoms with Gasteiger partial charge in [-0.15, -0.1) is 0 Å². The maximum Gasteiger partial charge on any atom is 0.412 e. The van der Waals surface area contributed by atoms with Crippen LogP contribution >= 0.6 is 0 Å². The molecular weight excluding hydrogens is 258 g/mol. The fourth-order valence-corrected chi connectivity index (χ4v) is 1.75. The summed E-state index contributed by atoms with van der Waals surface area (Å²) in [6.45, 7) is 0. The number of hydrogen-bond acceptors (Lipinski definition) is 1. The van der Waals surface area contributed by atoms with Gasteiger partial charge in [-0.25, -0.2) is 4.39 Å². The molecule has 2 aromatic rings. The number of para-hydroxylation sites is 1. The fraction of sp³-hybridized carbons (Fsp3) is 0.143. The highest BCUT2D eigenvalue weighted by atomic mass is 19.4. The molecule has 1 N–H and O–H groups in total. The molecule has 0 amide bonds. The van der Waals surface area contributed by atoms with Crippen molar-refractivity contribution >= 4 is 5.69 Å². The van der Waals surface area contributed by atoms with Crippen LogP contribution in [0.15, 0.2) is 54.6 Å². The van der Waals surface area contributed by atoms with E-state index in [1.807, 2.05) is 0 Å². The lowest BCUT2D eigenvalue weighted by atomic mass is 10.1. The van der Waals surface area contributed by atoms with Gasteiger partial charge in [0.1, 0.15) is 5.82 Å². The molecule has 0 aromatic heterocycles. The number of alkyl halides is 3. The predicted molar refractivity (Wildman–Crippen MR) is 65.3 cm³/mol. The summed E-state index contributed by atoms with van der Waals surface area (Å²) in [5, 5.41) is 2.31. The summed E-state index contributed by atoms with van der Waals surface area (Å²) in [5.74, 6) is -0.881. The number of benzene rings is 2. The van der Waals surface area contributed by atoms with Crippen LogP contribution in [0.25, 0.3) is 0 Å². The van der Waals surface area contributed by atoms with E-state index >= 15 is 0 Å². The van der Waals surface area contributed by atoms with Crippen LogP contribution in [0.1, 0.15) is 11.6 Å². The number of hydrogen-bond donors (Lipinski definition) is 1. The maximum absolute atomic E-state index is 13.5. The highest BCUT2D eigenvalue weighted by Gasteiger charge is 2.42. The lowest BCUT2D eigenvalue weighted by Gasteiger charge is -2.23. The summed E-state index contributed by atoms with van der Waals surface area (Å²) in [4.78, 5) is 0. The molecular formula is C14H11F4N. The van der Waals surface area contributed by atoms with Gasteiger partial charge in [-0.05, 0) is 18.2 Å². The average Bonchev–Trinajstić information content (AvgIpc) is 2.37. The molecule has 0 aliphatic heterocycles. The van der Waals surface area contributed by atoms with Gasteiger partial charge < -0.3 is 5.32 Å². The number of halogens is 4. The predicted octanol–water partition coefficient (Wildman–Crippen LogP) is 4.54. The summed E-state index contributed by atoms with van der Waals surface area (Å²) < 4.78 is 52.7. The van der Waals surface area contributed by atoms with Crippen LogP contribution in [-0.2, 0) is 0 Å². The van der Waals surface area contributed by atoms with E-state index in [0.717, 1.165) is 12.1 Å². The van der Waals surface area contributed by atoms with Gasteiger partial charge >= 0.3 is 6.18 Å². The highest BCUT2D eigenvalue weighted by molar-refractivity contribution is 5.46. The second-order valence-corrected chi connectivity index (χ2v) is 4.01. The van der Waals surface area contributed by atoms with E-state index in [2.05, 4.69) is 5.32 Å². The molecule has 1 atom stereocenters. The Morgan fingerprint density at radius 3 is 2.00 bits per heavy atom. The molecule has 2 aromatic carbocycles. The van der Waals surface area contributed by atoms with Crippen LogP contribution in [0.3, 0.4) is 0 Å². The second kappa shape index (κ2) is 5.30. The zero-order valence-electron chi connectivity index (χ0n) is 9.79. The maximum atomic E-state index is 13.5. The van der Waals surface area contributed by atoms with Gasteiger partial charge in [0, 0.05) is 11.3 Å². The zero-order chi connectivity index (χ0) is 13.9. The molecule has 0 aliphatic carbocycles. The van der Waals surface area contributed by atoms with E-state index in [0.29, 0.717) is 0 Å². The Labute approximate surface area is 107 Å². The van der Waals surface area contributed by atoms with Crippen molar-refractivity contribution in [2.45, 2.75) is 12.2 Å². The Hall–Kier alpha value is -2.04. The average molecular weight is 269 g/mol. The van der Waals surface area contributed by atoms with Gasteiger partial charge in [0.15, 0.2) is 6.04 Å².